The van der Waals surface area contributed by atoms with Gasteiger partial charge in [-0.25, -0.2) is 0 Å². The molecule has 0 unspecified atom stereocenters. The maximum absolute atomic E-state index is 4.65. The summed E-state index contributed by atoms with van der Waals surface area (Å²) in [6.07, 6.45) is 3.74. The smallest absolute Gasteiger partial charge is 0.107 e. The van der Waals surface area contributed by atoms with E-state index in [9.17, 15) is 0 Å². The van der Waals surface area contributed by atoms with Gasteiger partial charge >= 0.3 is 0 Å². The Labute approximate surface area is 50.7 Å². The van der Waals surface area contributed by atoms with E-state index in [4.69, 9.17) is 0 Å². The predicted molar refractivity (Wildman–Crippen MR) is 34.1 cm³/mol. The zero-order chi connectivity index (χ0) is 6.41. The molecular formula is C6H12NO. The normalized spacial score (nSPS) is 10.4. The molecular weight excluding hydrogens is 102 g/mol. The van der Waals surface area contributed by atoms with E-state index in [1.807, 2.05) is 31.3 Å². The first-order chi connectivity index (χ1) is 3.77. The van der Waals surface area contributed by atoms with Crippen LogP contribution in [-0.2, 0) is 4.74 Å². The topological polar surface area (TPSA) is 12.5 Å². The van der Waals surface area contributed by atoms with Crippen LogP contribution in [0.25, 0.3) is 0 Å². The molecule has 0 rings (SSSR count). The first-order valence-electron chi connectivity index (χ1n) is 2.46. The summed E-state index contributed by atoms with van der Waals surface area (Å²) in [4.78, 5) is 1.94. The number of rotatable bonds is 3. The molecule has 0 aliphatic heterocycles. The van der Waals surface area contributed by atoms with Crippen molar-refractivity contribution in [3.63, 3.8) is 0 Å². The predicted octanol–water partition coefficient (Wildman–Crippen LogP) is 0.870. The molecule has 8 heavy (non-hydrogen) atoms. The van der Waals surface area contributed by atoms with Gasteiger partial charge in [0, 0.05) is 21.2 Å². The summed E-state index contributed by atoms with van der Waals surface area (Å²) in [7, 11) is 5.54. The van der Waals surface area contributed by atoms with Crippen molar-refractivity contribution in [3.05, 3.63) is 18.9 Å². The van der Waals surface area contributed by atoms with Crippen LogP contribution in [0.2, 0.25) is 0 Å². The summed E-state index contributed by atoms with van der Waals surface area (Å²) in [6.45, 7) is 1.62. The molecule has 0 saturated heterocycles. The third-order valence-electron chi connectivity index (χ3n) is 0.599. The van der Waals surface area contributed by atoms with Crippen LogP contribution < -0.4 is 0 Å². The molecule has 47 valence electrons. The monoisotopic (exact) mass is 114 g/mol. The minimum atomic E-state index is 1.62. The van der Waals surface area contributed by atoms with Crippen LogP contribution in [0, 0.1) is 6.61 Å². The number of hydrogen-bond donors (Lipinski definition) is 0. The van der Waals surface area contributed by atoms with Crippen molar-refractivity contribution < 1.29 is 4.74 Å². The molecule has 0 saturated carbocycles. The number of hydrogen-bond acceptors (Lipinski definition) is 2. The highest BCUT2D eigenvalue weighted by Gasteiger charge is 1.73. The van der Waals surface area contributed by atoms with E-state index in [0.717, 1.165) is 0 Å². The molecule has 0 heterocycles. The molecule has 0 aromatic rings. The third kappa shape index (κ3) is 5.50. The van der Waals surface area contributed by atoms with Gasteiger partial charge in [0.25, 0.3) is 0 Å². The minimum Gasteiger partial charge on any atom is -0.384 e. The molecule has 1 radical (unpaired) electrons. The van der Waals surface area contributed by atoms with Gasteiger partial charge in [-0.05, 0) is 12.3 Å². The molecule has 2 nitrogen and oxygen atoms in total. The fraction of sp³-hybridized carbons (Fsp3) is 0.500. The molecule has 0 bridgehead atoms. The highest BCUT2D eigenvalue weighted by Crippen LogP contribution is 1.81. The van der Waals surface area contributed by atoms with E-state index in [-0.39, 0.29) is 0 Å². The molecule has 0 spiro atoms. The Morgan fingerprint density at radius 2 is 2.00 bits per heavy atom. The van der Waals surface area contributed by atoms with Crippen molar-refractivity contribution in [2.75, 3.05) is 21.2 Å². The van der Waals surface area contributed by atoms with E-state index in [1.165, 1.54) is 0 Å². The summed E-state index contributed by atoms with van der Waals surface area (Å²) in [5.41, 5.74) is 0. The van der Waals surface area contributed by atoms with Gasteiger partial charge in [0.15, 0.2) is 0 Å². The van der Waals surface area contributed by atoms with Crippen molar-refractivity contribution in [1.82, 2.24) is 4.90 Å². The average molecular weight is 114 g/mol. The van der Waals surface area contributed by atoms with Crippen LogP contribution in [0.3, 0.4) is 0 Å². The highest BCUT2D eigenvalue weighted by molar-refractivity contribution is 4.86. The van der Waals surface area contributed by atoms with Gasteiger partial charge in [-0.1, -0.05) is 0 Å². The molecule has 0 aromatic carbocycles. The Bertz CT molecular complexity index is 68.9. The van der Waals surface area contributed by atoms with E-state index < -0.39 is 0 Å². The summed E-state index contributed by atoms with van der Waals surface area (Å²) >= 11 is 0. The quantitative estimate of drug-likeness (QED) is 0.539. The molecule has 0 aliphatic rings. The first kappa shape index (κ1) is 7.50. The van der Waals surface area contributed by atoms with Crippen molar-refractivity contribution in [1.29, 1.82) is 0 Å². The van der Waals surface area contributed by atoms with Crippen molar-refractivity contribution in [3.8, 4) is 0 Å². The minimum absolute atomic E-state index is 1.62. The third-order valence-corrected chi connectivity index (χ3v) is 0.599. The van der Waals surface area contributed by atoms with Gasteiger partial charge < -0.3 is 9.64 Å². The van der Waals surface area contributed by atoms with Crippen LogP contribution in [0.5, 0.6) is 0 Å². The van der Waals surface area contributed by atoms with Gasteiger partial charge in [0.1, 0.15) is 6.61 Å². The Morgan fingerprint density at radius 1 is 1.38 bits per heavy atom. The number of methoxy groups -OCH3 is 1. The first-order valence-corrected chi connectivity index (χ1v) is 2.46. The van der Waals surface area contributed by atoms with Crippen LogP contribution in [0.4, 0.5) is 0 Å². The molecule has 0 amide bonds. The molecule has 2 heteroatoms. The lowest BCUT2D eigenvalue weighted by molar-refractivity contribution is 0.295. The SMILES string of the molecule is CO[CH]/C=C\N(C)C. The molecule has 0 aromatic heterocycles. The van der Waals surface area contributed by atoms with Crippen LogP contribution >= 0.6 is 0 Å². The number of nitrogens with zero attached hydrogens (tertiary/aromatic N) is 1. The molecule has 0 atom stereocenters. The summed E-state index contributed by atoms with van der Waals surface area (Å²) in [5, 5.41) is 0. The fourth-order valence-corrected chi connectivity index (χ4v) is 0.286. The van der Waals surface area contributed by atoms with Crippen LogP contribution in [0.15, 0.2) is 12.3 Å². The summed E-state index contributed by atoms with van der Waals surface area (Å²) in [5.74, 6) is 0. The van der Waals surface area contributed by atoms with Gasteiger partial charge in [-0.3, -0.25) is 0 Å². The van der Waals surface area contributed by atoms with Crippen molar-refractivity contribution in [2.24, 2.45) is 0 Å². The maximum atomic E-state index is 4.65. The van der Waals surface area contributed by atoms with Crippen molar-refractivity contribution >= 4 is 0 Å². The second-order valence-corrected chi connectivity index (χ2v) is 1.68. The van der Waals surface area contributed by atoms with Crippen molar-refractivity contribution in [2.45, 2.75) is 0 Å². The van der Waals surface area contributed by atoms with E-state index in [2.05, 4.69) is 4.74 Å². The van der Waals surface area contributed by atoms with E-state index >= 15 is 0 Å². The standard InChI is InChI=1S/C6H12NO/c1-7(2)5-4-6-8-3/h4-6H,1-3H3/b5-4-. The van der Waals surface area contributed by atoms with Gasteiger partial charge in [0.05, 0.1) is 0 Å². The second-order valence-electron chi connectivity index (χ2n) is 1.68. The Balaban J connectivity index is 3.07. The lowest BCUT2D eigenvalue weighted by atomic mass is 10.6. The fourth-order valence-electron chi connectivity index (χ4n) is 0.286. The van der Waals surface area contributed by atoms with E-state index in [1.54, 1.807) is 13.7 Å². The molecule has 0 aliphatic carbocycles. The van der Waals surface area contributed by atoms with Gasteiger partial charge in [-0.15, -0.1) is 0 Å². The summed E-state index contributed by atoms with van der Waals surface area (Å²) < 4.78 is 4.65. The van der Waals surface area contributed by atoms with Crippen LogP contribution in [0.1, 0.15) is 0 Å². The second kappa shape index (κ2) is 4.65. The Kier molecular flexibility index (Phi) is 4.36. The average Bonchev–Trinajstić information content (AvgIpc) is 1.66. The van der Waals surface area contributed by atoms with Gasteiger partial charge in [-0.2, -0.15) is 0 Å². The largest absolute Gasteiger partial charge is 0.384 e. The Morgan fingerprint density at radius 3 is 2.38 bits per heavy atom. The molecule has 0 N–H and O–H groups in total. The lowest BCUT2D eigenvalue weighted by Gasteiger charge is -2.01. The highest BCUT2D eigenvalue weighted by atomic mass is 16.5. The van der Waals surface area contributed by atoms with Gasteiger partial charge in [0.2, 0.25) is 0 Å². The zero-order valence-corrected chi connectivity index (χ0v) is 5.59. The number of ether oxygens (including phenoxy) is 1. The molecule has 0 fully saturated rings. The maximum Gasteiger partial charge on any atom is 0.107 e. The summed E-state index contributed by atoms with van der Waals surface area (Å²) in [6, 6.07) is 0. The Hall–Kier alpha value is -0.500. The van der Waals surface area contributed by atoms with Crippen LogP contribution in [-0.4, -0.2) is 26.1 Å². The van der Waals surface area contributed by atoms with E-state index in [0.29, 0.717) is 0 Å². The zero-order valence-electron chi connectivity index (χ0n) is 5.59. The lowest BCUT2D eigenvalue weighted by Crippen LogP contribution is -1.99.